The molecule has 0 unspecified atom stereocenters. The Bertz CT molecular complexity index is 981. The van der Waals surface area contributed by atoms with Gasteiger partial charge < -0.3 is 29.3 Å². The number of hydrogen-bond donors (Lipinski definition) is 2. The first kappa shape index (κ1) is 27.3. The van der Waals surface area contributed by atoms with Crippen molar-refractivity contribution >= 4 is 27.7 Å². The molecule has 1 aromatic heterocycles. The molecule has 0 aliphatic heterocycles. The molecule has 2 aromatic rings. The lowest BCUT2D eigenvalue weighted by Crippen LogP contribution is -2.31. The topological polar surface area (TPSA) is 144 Å². The molecule has 0 fully saturated rings. The molecule has 0 aliphatic rings. The minimum Gasteiger partial charge on any atom is -0.394 e. The van der Waals surface area contributed by atoms with E-state index >= 15 is 0 Å². The van der Waals surface area contributed by atoms with Crippen LogP contribution in [-0.2, 0) is 14.2 Å². The largest absolute Gasteiger partial charge is 0.394 e. The molecule has 0 spiro atoms. The van der Waals surface area contributed by atoms with Gasteiger partial charge in [-0.25, -0.2) is 0 Å². The first-order valence-corrected chi connectivity index (χ1v) is 11.6. The third kappa shape index (κ3) is 8.80. The van der Waals surface area contributed by atoms with Gasteiger partial charge in [0.2, 0.25) is 0 Å². The maximum absolute atomic E-state index is 9.34. The monoisotopic (exact) mass is 487 g/mol. The van der Waals surface area contributed by atoms with E-state index in [4.69, 9.17) is 29.7 Å². The van der Waals surface area contributed by atoms with Gasteiger partial charge in [0, 0.05) is 18.8 Å². The maximum Gasteiger partial charge on any atom is 0.158 e. The Balaban J connectivity index is 2.00. The van der Waals surface area contributed by atoms with Crippen molar-refractivity contribution in [2.24, 2.45) is 10.2 Å². The average molecular weight is 488 g/mol. The number of anilines is 1. The van der Waals surface area contributed by atoms with E-state index < -0.39 is 0 Å². The van der Waals surface area contributed by atoms with Gasteiger partial charge in [-0.15, -0.1) is 21.6 Å². The number of azo groups is 1. The lowest BCUT2D eigenvalue weighted by atomic mass is 10.2. The molecule has 0 amide bonds. The van der Waals surface area contributed by atoms with Crippen molar-refractivity contribution in [3.05, 3.63) is 40.3 Å². The van der Waals surface area contributed by atoms with E-state index in [0.717, 1.165) is 17.0 Å². The van der Waals surface area contributed by atoms with Crippen molar-refractivity contribution in [1.82, 2.24) is 0 Å². The van der Waals surface area contributed by atoms with Gasteiger partial charge in [-0.3, -0.25) is 0 Å². The summed E-state index contributed by atoms with van der Waals surface area (Å²) in [6.45, 7) is 5.32. The standard InChI is InChI=1S/C23H29N5O5S/c1-18-21(16-24)23(34-22(18)17-25)27-26-19-2-4-20(5-3-19)28(6-10-31-12-8-29)7-11-32-14-15-33-13-9-30/h2-5,29-30H,6-15H2,1H3. The number of thiophene rings is 1. The summed E-state index contributed by atoms with van der Waals surface area (Å²) in [6.07, 6.45) is 0. The number of nitriles is 2. The lowest BCUT2D eigenvalue weighted by molar-refractivity contribution is 0.0347. The van der Waals surface area contributed by atoms with Crippen LogP contribution in [-0.4, -0.2) is 76.2 Å². The van der Waals surface area contributed by atoms with E-state index in [0.29, 0.717) is 72.8 Å². The van der Waals surface area contributed by atoms with Crippen LogP contribution in [0, 0.1) is 29.6 Å². The van der Waals surface area contributed by atoms with Gasteiger partial charge in [0.05, 0.1) is 64.1 Å². The molecule has 1 aromatic carbocycles. The summed E-state index contributed by atoms with van der Waals surface area (Å²) in [5.74, 6) is 0. The third-order valence-electron chi connectivity index (χ3n) is 4.67. The molecule has 11 heteroatoms. The molecule has 0 saturated heterocycles. The number of rotatable bonds is 16. The van der Waals surface area contributed by atoms with Crippen LogP contribution in [0.3, 0.4) is 0 Å². The second kappa shape index (κ2) is 15.9. The second-order valence-corrected chi connectivity index (χ2v) is 7.95. The molecule has 34 heavy (non-hydrogen) atoms. The van der Waals surface area contributed by atoms with Crippen LogP contribution < -0.4 is 4.90 Å². The zero-order valence-electron chi connectivity index (χ0n) is 19.1. The van der Waals surface area contributed by atoms with Crippen LogP contribution in [0.15, 0.2) is 34.5 Å². The fourth-order valence-electron chi connectivity index (χ4n) is 2.91. The second-order valence-electron chi connectivity index (χ2n) is 6.95. The van der Waals surface area contributed by atoms with Crippen molar-refractivity contribution in [2.75, 3.05) is 70.8 Å². The highest BCUT2D eigenvalue weighted by atomic mass is 32.1. The first-order valence-electron chi connectivity index (χ1n) is 10.8. The van der Waals surface area contributed by atoms with Crippen molar-refractivity contribution in [3.63, 3.8) is 0 Å². The molecule has 10 nitrogen and oxygen atoms in total. The third-order valence-corrected chi connectivity index (χ3v) is 5.75. The summed E-state index contributed by atoms with van der Waals surface area (Å²) in [4.78, 5) is 2.56. The van der Waals surface area contributed by atoms with Crippen molar-refractivity contribution in [3.8, 4) is 12.1 Å². The van der Waals surface area contributed by atoms with Gasteiger partial charge in [0.15, 0.2) is 5.00 Å². The molecular weight excluding hydrogens is 458 g/mol. The lowest BCUT2D eigenvalue weighted by Gasteiger charge is -2.25. The van der Waals surface area contributed by atoms with Gasteiger partial charge in [-0.2, -0.15) is 10.5 Å². The zero-order chi connectivity index (χ0) is 24.6. The Morgan fingerprint density at radius 2 is 1.44 bits per heavy atom. The summed E-state index contributed by atoms with van der Waals surface area (Å²) in [5.41, 5.74) is 2.56. The summed E-state index contributed by atoms with van der Waals surface area (Å²) < 4.78 is 16.2. The predicted molar refractivity (Wildman–Crippen MR) is 128 cm³/mol. The molecule has 0 aliphatic carbocycles. The smallest absolute Gasteiger partial charge is 0.158 e. The van der Waals surface area contributed by atoms with Crippen LogP contribution in [0.2, 0.25) is 0 Å². The maximum atomic E-state index is 9.34. The number of nitrogens with zero attached hydrogens (tertiary/aromatic N) is 5. The Hall–Kier alpha value is -2.90. The highest BCUT2D eigenvalue weighted by molar-refractivity contribution is 7.16. The molecule has 0 atom stereocenters. The van der Waals surface area contributed by atoms with Crippen LogP contribution in [0.4, 0.5) is 16.4 Å². The van der Waals surface area contributed by atoms with E-state index in [1.54, 1.807) is 6.92 Å². The SMILES string of the molecule is Cc1c(C#N)sc(N=Nc2ccc(N(CCOCCO)CCOCCOCCO)cc2)c1C#N. The highest BCUT2D eigenvalue weighted by Crippen LogP contribution is 2.35. The molecular formula is C23H29N5O5S. The molecule has 1 heterocycles. The summed E-state index contributed by atoms with van der Waals surface area (Å²) >= 11 is 1.15. The van der Waals surface area contributed by atoms with Gasteiger partial charge >= 0.3 is 0 Å². The van der Waals surface area contributed by atoms with E-state index in [1.807, 2.05) is 24.3 Å². The van der Waals surface area contributed by atoms with Crippen LogP contribution >= 0.6 is 11.3 Å². The first-order chi connectivity index (χ1) is 16.6. The number of aliphatic hydroxyl groups is 2. The number of hydrogen-bond acceptors (Lipinski definition) is 11. The fraction of sp³-hybridized carbons (Fsp3) is 0.478. The Morgan fingerprint density at radius 1 is 0.853 bits per heavy atom. The summed E-state index contributed by atoms with van der Waals surface area (Å²) in [7, 11) is 0. The van der Waals surface area contributed by atoms with Crippen LogP contribution in [0.1, 0.15) is 16.0 Å². The summed E-state index contributed by atoms with van der Waals surface area (Å²) in [6, 6.07) is 11.6. The number of benzene rings is 1. The Labute approximate surface area is 203 Å². The molecule has 0 radical (unpaired) electrons. The minimum absolute atomic E-state index is 0.00939. The number of ether oxygens (including phenoxy) is 3. The Morgan fingerprint density at radius 3 is 2.00 bits per heavy atom. The van der Waals surface area contributed by atoms with Crippen LogP contribution in [0.25, 0.3) is 0 Å². The van der Waals surface area contributed by atoms with Crippen molar-refractivity contribution in [2.45, 2.75) is 6.92 Å². The number of aliphatic hydroxyl groups excluding tert-OH is 2. The zero-order valence-corrected chi connectivity index (χ0v) is 20.0. The summed E-state index contributed by atoms with van der Waals surface area (Å²) in [5, 5.41) is 44.9. The molecule has 2 N–H and O–H groups in total. The van der Waals surface area contributed by atoms with Gasteiger partial charge in [0.1, 0.15) is 17.0 Å². The van der Waals surface area contributed by atoms with Crippen molar-refractivity contribution in [1.29, 1.82) is 10.5 Å². The van der Waals surface area contributed by atoms with Gasteiger partial charge in [0.25, 0.3) is 0 Å². The normalized spacial score (nSPS) is 11.0. The molecule has 182 valence electrons. The average Bonchev–Trinajstić information content (AvgIpc) is 3.18. The van der Waals surface area contributed by atoms with E-state index in [2.05, 4.69) is 27.3 Å². The quantitative estimate of drug-likeness (QED) is 0.272. The molecule has 0 saturated carbocycles. The predicted octanol–water partition coefficient (Wildman–Crippen LogP) is 3.06. The van der Waals surface area contributed by atoms with Gasteiger partial charge in [-0.05, 0) is 36.8 Å². The van der Waals surface area contributed by atoms with Crippen LogP contribution in [0.5, 0.6) is 0 Å². The Kier molecular flexibility index (Phi) is 12.7. The van der Waals surface area contributed by atoms with E-state index in [9.17, 15) is 5.26 Å². The highest BCUT2D eigenvalue weighted by Gasteiger charge is 2.14. The van der Waals surface area contributed by atoms with E-state index in [1.165, 1.54) is 0 Å². The molecule has 2 rings (SSSR count). The van der Waals surface area contributed by atoms with E-state index in [-0.39, 0.29) is 19.8 Å². The van der Waals surface area contributed by atoms with Gasteiger partial charge in [-0.1, -0.05) is 0 Å². The minimum atomic E-state index is -0.0240. The van der Waals surface area contributed by atoms with Crippen molar-refractivity contribution < 1.29 is 24.4 Å². The molecule has 0 bridgehead atoms. The fourth-order valence-corrected chi connectivity index (χ4v) is 3.79.